The lowest BCUT2D eigenvalue weighted by Crippen LogP contribution is -2.42. The molecule has 0 saturated carbocycles. The zero-order valence-corrected chi connectivity index (χ0v) is 14.8. The van der Waals surface area contributed by atoms with Crippen LogP contribution in [0.5, 0.6) is 5.75 Å². The Hall–Kier alpha value is -2.38. The van der Waals surface area contributed by atoms with E-state index in [2.05, 4.69) is 5.16 Å². The quantitative estimate of drug-likeness (QED) is 0.825. The van der Waals surface area contributed by atoms with Gasteiger partial charge in [-0.3, -0.25) is 4.79 Å². The minimum Gasteiger partial charge on any atom is -0.497 e. The van der Waals surface area contributed by atoms with Gasteiger partial charge in [-0.05, 0) is 31.8 Å². The summed E-state index contributed by atoms with van der Waals surface area (Å²) >= 11 is 0. The first kappa shape index (κ1) is 17.4. The molecule has 1 aromatic carbocycles. The van der Waals surface area contributed by atoms with Gasteiger partial charge >= 0.3 is 0 Å². The molecule has 134 valence electrons. The maximum atomic E-state index is 12.7. The van der Waals surface area contributed by atoms with Crippen LogP contribution in [0.25, 0.3) is 0 Å². The summed E-state index contributed by atoms with van der Waals surface area (Å²) in [5.41, 5.74) is 1.36. The third-order valence-corrected chi connectivity index (χ3v) is 4.09. The van der Waals surface area contributed by atoms with Crippen molar-refractivity contribution in [2.75, 3.05) is 40.9 Å². The molecule has 25 heavy (non-hydrogen) atoms. The van der Waals surface area contributed by atoms with Crippen LogP contribution in [0, 0.1) is 0 Å². The van der Waals surface area contributed by atoms with Crippen LogP contribution in [0.4, 0.5) is 0 Å². The molecule has 3 rings (SSSR count). The van der Waals surface area contributed by atoms with E-state index in [0.717, 1.165) is 11.3 Å². The van der Waals surface area contributed by atoms with Crippen molar-refractivity contribution in [3.8, 4) is 5.75 Å². The first-order chi connectivity index (χ1) is 12.1. The molecule has 2 aromatic rings. The minimum atomic E-state index is -0.156. The molecule has 0 N–H and O–H groups in total. The van der Waals surface area contributed by atoms with Crippen LogP contribution in [-0.2, 0) is 11.3 Å². The second kappa shape index (κ2) is 7.67. The summed E-state index contributed by atoms with van der Waals surface area (Å²) in [5.74, 6) is 1.34. The van der Waals surface area contributed by atoms with E-state index in [9.17, 15) is 4.79 Å². The smallest absolute Gasteiger partial charge is 0.276 e. The molecular weight excluding hydrogens is 322 g/mol. The first-order valence-electron chi connectivity index (χ1n) is 8.22. The monoisotopic (exact) mass is 345 g/mol. The van der Waals surface area contributed by atoms with E-state index in [1.54, 1.807) is 18.1 Å². The van der Waals surface area contributed by atoms with Crippen LogP contribution in [0.2, 0.25) is 0 Å². The molecule has 1 unspecified atom stereocenters. The average molecular weight is 345 g/mol. The highest BCUT2D eigenvalue weighted by Crippen LogP contribution is 2.25. The molecular formula is C18H23N3O4. The summed E-state index contributed by atoms with van der Waals surface area (Å²) in [6, 6.07) is 9.42. The van der Waals surface area contributed by atoms with E-state index in [1.165, 1.54) is 0 Å². The van der Waals surface area contributed by atoms with Crippen molar-refractivity contribution < 1.29 is 18.8 Å². The van der Waals surface area contributed by atoms with Crippen LogP contribution >= 0.6 is 0 Å². The summed E-state index contributed by atoms with van der Waals surface area (Å²) < 4.78 is 16.2. The molecule has 1 amide bonds. The second-order valence-electron chi connectivity index (χ2n) is 6.30. The van der Waals surface area contributed by atoms with Gasteiger partial charge in [-0.2, -0.15) is 0 Å². The first-order valence-corrected chi connectivity index (χ1v) is 8.22. The van der Waals surface area contributed by atoms with Crippen LogP contribution in [-0.4, -0.2) is 61.8 Å². The lowest BCUT2D eigenvalue weighted by atomic mass is 10.1. The molecule has 1 fully saturated rings. The lowest BCUT2D eigenvalue weighted by molar-refractivity contribution is -0.0231. The summed E-state index contributed by atoms with van der Waals surface area (Å²) in [6.45, 7) is 2.13. The summed E-state index contributed by atoms with van der Waals surface area (Å²) in [6.07, 6.45) is -0.156. The molecule has 7 nitrogen and oxygen atoms in total. The summed E-state index contributed by atoms with van der Waals surface area (Å²) in [7, 11) is 5.51. The standard InChI is InChI=1S/C18H23N3O4/c1-20(2)11-15-10-16(19-25-15)18(22)21-8-9-24-17(12-21)13-4-6-14(23-3)7-5-13/h4-7,10,17H,8-9,11-12H2,1-3H3. The SMILES string of the molecule is COc1ccc(C2CN(C(=O)c3cc(CN(C)C)on3)CCO2)cc1. The zero-order valence-electron chi connectivity index (χ0n) is 14.8. The molecule has 2 heterocycles. The van der Waals surface area contributed by atoms with Crippen molar-refractivity contribution >= 4 is 5.91 Å². The van der Waals surface area contributed by atoms with Crippen molar-refractivity contribution in [1.29, 1.82) is 0 Å². The highest BCUT2D eigenvalue weighted by atomic mass is 16.5. The van der Waals surface area contributed by atoms with Gasteiger partial charge in [-0.25, -0.2) is 0 Å². The Morgan fingerprint density at radius 3 is 2.80 bits per heavy atom. The molecule has 0 aliphatic carbocycles. The number of benzene rings is 1. The molecule has 0 spiro atoms. The number of methoxy groups -OCH3 is 1. The number of carbonyl (C=O) groups excluding carboxylic acids is 1. The Kier molecular flexibility index (Phi) is 5.35. The Morgan fingerprint density at radius 2 is 2.12 bits per heavy atom. The van der Waals surface area contributed by atoms with Crippen molar-refractivity contribution in [3.05, 3.63) is 47.3 Å². The van der Waals surface area contributed by atoms with Crippen molar-refractivity contribution in [1.82, 2.24) is 15.0 Å². The topological polar surface area (TPSA) is 68.0 Å². The van der Waals surface area contributed by atoms with Gasteiger partial charge in [0.2, 0.25) is 0 Å². The van der Waals surface area contributed by atoms with Gasteiger partial charge in [0.05, 0.1) is 26.8 Å². The van der Waals surface area contributed by atoms with Gasteiger partial charge in [0, 0.05) is 12.6 Å². The number of rotatable bonds is 5. The molecule has 1 aromatic heterocycles. The number of hydrogen-bond acceptors (Lipinski definition) is 6. The highest BCUT2D eigenvalue weighted by molar-refractivity contribution is 5.92. The highest BCUT2D eigenvalue weighted by Gasteiger charge is 2.28. The van der Waals surface area contributed by atoms with Crippen LogP contribution in [0.3, 0.4) is 0 Å². The third-order valence-electron chi connectivity index (χ3n) is 4.09. The van der Waals surface area contributed by atoms with Crippen molar-refractivity contribution in [2.45, 2.75) is 12.6 Å². The predicted octanol–water partition coefficient (Wildman–Crippen LogP) is 1.96. The fourth-order valence-corrected chi connectivity index (χ4v) is 2.82. The van der Waals surface area contributed by atoms with Crippen LogP contribution in [0.1, 0.15) is 27.9 Å². The molecule has 1 aliphatic heterocycles. The fraction of sp³-hybridized carbons (Fsp3) is 0.444. The van der Waals surface area contributed by atoms with E-state index >= 15 is 0 Å². The summed E-state index contributed by atoms with van der Waals surface area (Å²) in [4.78, 5) is 16.4. The van der Waals surface area contributed by atoms with E-state index in [0.29, 0.717) is 37.7 Å². The summed E-state index contributed by atoms with van der Waals surface area (Å²) in [5, 5.41) is 3.91. The van der Waals surface area contributed by atoms with Gasteiger partial charge in [-0.15, -0.1) is 0 Å². The lowest BCUT2D eigenvalue weighted by Gasteiger charge is -2.32. The van der Waals surface area contributed by atoms with Gasteiger partial charge in [0.15, 0.2) is 11.5 Å². The minimum absolute atomic E-state index is 0.129. The number of aromatic nitrogens is 1. The second-order valence-corrected chi connectivity index (χ2v) is 6.30. The molecule has 0 bridgehead atoms. The molecule has 1 atom stereocenters. The number of nitrogens with zero attached hydrogens (tertiary/aromatic N) is 3. The Balaban J connectivity index is 1.67. The number of ether oxygens (including phenoxy) is 2. The van der Waals surface area contributed by atoms with Gasteiger partial charge in [-0.1, -0.05) is 17.3 Å². The number of morpholine rings is 1. The van der Waals surface area contributed by atoms with Crippen molar-refractivity contribution in [3.63, 3.8) is 0 Å². The molecule has 0 radical (unpaired) electrons. The van der Waals surface area contributed by atoms with Gasteiger partial charge < -0.3 is 23.8 Å². The van der Waals surface area contributed by atoms with Crippen molar-refractivity contribution in [2.24, 2.45) is 0 Å². The van der Waals surface area contributed by atoms with Gasteiger partial charge in [0.25, 0.3) is 5.91 Å². The number of hydrogen-bond donors (Lipinski definition) is 0. The van der Waals surface area contributed by atoms with Gasteiger partial charge in [0.1, 0.15) is 11.9 Å². The normalized spacial score (nSPS) is 17.8. The van der Waals surface area contributed by atoms with E-state index < -0.39 is 0 Å². The van der Waals surface area contributed by atoms with E-state index in [1.807, 2.05) is 43.3 Å². The Bertz CT molecular complexity index is 711. The fourth-order valence-electron chi connectivity index (χ4n) is 2.82. The average Bonchev–Trinajstić information content (AvgIpc) is 3.09. The largest absolute Gasteiger partial charge is 0.497 e. The predicted molar refractivity (Wildman–Crippen MR) is 91.5 cm³/mol. The third kappa shape index (κ3) is 4.18. The van der Waals surface area contributed by atoms with Crippen LogP contribution in [0.15, 0.2) is 34.9 Å². The van der Waals surface area contributed by atoms with E-state index in [-0.39, 0.29) is 12.0 Å². The molecule has 1 aliphatic rings. The van der Waals surface area contributed by atoms with Crippen LogP contribution < -0.4 is 4.74 Å². The Labute approximate surface area is 147 Å². The maximum Gasteiger partial charge on any atom is 0.276 e. The molecule has 7 heteroatoms. The maximum absolute atomic E-state index is 12.7. The number of amides is 1. The Morgan fingerprint density at radius 1 is 1.36 bits per heavy atom. The molecule has 1 saturated heterocycles. The number of carbonyl (C=O) groups is 1. The zero-order chi connectivity index (χ0) is 17.8. The van der Waals surface area contributed by atoms with E-state index in [4.69, 9.17) is 14.0 Å².